The summed E-state index contributed by atoms with van der Waals surface area (Å²) in [6, 6.07) is 0. The molecule has 0 atom stereocenters. The number of hydrogen-bond acceptors (Lipinski definition) is 4. The van der Waals surface area contributed by atoms with E-state index in [0.29, 0.717) is 12.4 Å². The molecule has 0 unspecified atom stereocenters. The summed E-state index contributed by atoms with van der Waals surface area (Å²) in [6.45, 7) is 4.43. The molecular weight excluding hydrogens is 230 g/mol. The van der Waals surface area contributed by atoms with E-state index < -0.39 is 0 Å². The van der Waals surface area contributed by atoms with Gasteiger partial charge in [-0.2, -0.15) is 0 Å². The minimum atomic E-state index is 0.399. The Balaban J connectivity index is 2.38. The van der Waals surface area contributed by atoms with Crippen LogP contribution in [-0.4, -0.2) is 27.9 Å². The van der Waals surface area contributed by atoms with E-state index in [2.05, 4.69) is 9.97 Å². The maximum absolute atomic E-state index is 10.8. The summed E-state index contributed by atoms with van der Waals surface area (Å²) in [5.41, 5.74) is 2.86. The Kier molecular flexibility index (Phi) is 3.41. The monoisotopic (exact) mass is 245 g/mol. The first-order valence-electron chi connectivity index (χ1n) is 5.62. The van der Waals surface area contributed by atoms with Gasteiger partial charge in [-0.05, 0) is 13.8 Å². The number of rotatable bonds is 4. The van der Waals surface area contributed by atoms with Crippen LogP contribution in [0.25, 0.3) is 0 Å². The fraction of sp³-hybridized carbons (Fsp3) is 0.308. The van der Waals surface area contributed by atoms with E-state index in [-0.39, 0.29) is 0 Å². The van der Waals surface area contributed by atoms with E-state index in [1.54, 1.807) is 30.3 Å². The Morgan fingerprint density at radius 1 is 1.39 bits per heavy atom. The number of carbonyl (C=O) groups is 1. The third-order valence-corrected chi connectivity index (χ3v) is 2.92. The molecule has 0 N–H and O–H groups in total. The SMILES string of the molecule is COc1c(C)cnc(Cn2ccnc2C=O)c1C. The van der Waals surface area contributed by atoms with E-state index in [0.717, 1.165) is 28.9 Å². The van der Waals surface area contributed by atoms with Crippen LogP contribution in [-0.2, 0) is 6.54 Å². The molecule has 5 heteroatoms. The molecule has 0 amide bonds. The van der Waals surface area contributed by atoms with Crippen molar-refractivity contribution in [2.24, 2.45) is 0 Å². The highest BCUT2D eigenvalue weighted by molar-refractivity contribution is 5.69. The lowest BCUT2D eigenvalue weighted by Gasteiger charge is -2.12. The summed E-state index contributed by atoms with van der Waals surface area (Å²) in [7, 11) is 1.65. The third kappa shape index (κ3) is 2.11. The van der Waals surface area contributed by atoms with Crippen LogP contribution in [0.4, 0.5) is 0 Å². The lowest BCUT2D eigenvalue weighted by atomic mass is 10.1. The third-order valence-electron chi connectivity index (χ3n) is 2.92. The van der Waals surface area contributed by atoms with Crippen molar-refractivity contribution in [1.82, 2.24) is 14.5 Å². The lowest BCUT2D eigenvalue weighted by Crippen LogP contribution is -2.08. The Hall–Kier alpha value is -2.17. The van der Waals surface area contributed by atoms with Gasteiger partial charge in [0.1, 0.15) is 5.75 Å². The first kappa shape index (κ1) is 12.3. The van der Waals surface area contributed by atoms with Gasteiger partial charge in [-0.15, -0.1) is 0 Å². The van der Waals surface area contributed by atoms with Crippen molar-refractivity contribution in [2.45, 2.75) is 20.4 Å². The van der Waals surface area contributed by atoms with Gasteiger partial charge in [-0.1, -0.05) is 0 Å². The van der Waals surface area contributed by atoms with Crippen molar-refractivity contribution < 1.29 is 9.53 Å². The summed E-state index contributed by atoms with van der Waals surface area (Å²) in [5.74, 6) is 1.24. The summed E-state index contributed by atoms with van der Waals surface area (Å²) in [5, 5.41) is 0. The first-order chi connectivity index (χ1) is 8.67. The maximum atomic E-state index is 10.8. The zero-order valence-electron chi connectivity index (χ0n) is 10.7. The number of aryl methyl sites for hydroxylation is 1. The number of carbonyl (C=O) groups excluding carboxylic acids is 1. The number of aldehydes is 1. The van der Waals surface area contributed by atoms with Crippen LogP contribution in [0, 0.1) is 13.8 Å². The van der Waals surface area contributed by atoms with Gasteiger partial charge in [0.05, 0.1) is 19.3 Å². The van der Waals surface area contributed by atoms with Crippen LogP contribution in [0.3, 0.4) is 0 Å². The molecule has 18 heavy (non-hydrogen) atoms. The zero-order chi connectivity index (χ0) is 13.1. The van der Waals surface area contributed by atoms with E-state index in [1.165, 1.54) is 0 Å². The Morgan fingerprint density at radius 2 is 2.17 bits per heavy atom. The summed E-state index contributed by atoms with van der Waals surface area (Å²) >= 11 is 0. The van der Waals surface area contributed by atoms with Crippen LogP contribution < -0.4 is 4.74 Å². The maximum Gasteiger partial charge on any atom is 0.185 e. The molecule has 0 fully saturated rings. The smallest absolute Gasteiger partial charge is 0.185 e. The van der Waals surface area contributed by atoms with E-state index in [1.807, 2.05) is 13.8 Å². The second-order valence-corrected chi connectivity index (χ2v) is 4.08. The van der Waals surface area contributed by atoms with Gasteiger partial charge in [0.15, 0.2) is 12.1 Å². The number of imidazole rings is 1. The highest BCUT2D eigenvalue weighted by Crippen LogP contribution is 2.24. The number of hydrogen-bond donors (Lipinski definition) is 0. The van der Waals surface area contributed by atoms with Crippen molar-refractivity contribution in [3.05, 3.63) is 41.2 Å². The van der Waals surface area contributed by atoms with Crippen LogP contribution in [0.1, 0.15) is 27.4 Å². The summed E-state index contributed by atoms with van der Waals surface area (Å²) < 4.78 is 7.12. The van der Waals surface area contributed by atoms with Gasteiger partial charge in [0.25, 0.3) is 0 Å². The van der Waals surface area contributed by atoms with Crippen molar-refractivity contribution in [1.29, 1.82) is 0 Å². The van der Waals surface area contributed by atoms with Crippen molar-refractivity contribution in [2.75, 3.05) is 7.11 Å². The fourth-order valence-electron chi connectivity index (χ4n) is 1.96. The molecule has 0 aliphatic rings. The van der Waals surface area contributed by atoms with E-state index in [9.17, 15) is 4.79 Å². The molecule has 0 aromatic carbocycles. The van der Waals surface area contributed by atoms with Crippen molar-refractivity contribution in [3.63, 3.8) is 0 Å². The normalized spacial score (nSPS) is 10.4. The zero-order valence-corrected chi connectivity index (χ0v) is 10.7. The van der Waals surface area contributed by atoms with Crippen LogP contribution in [0.2, 0.25) is 0 Å². The molecule has 2 rings (SSSR count). The van der Waals surface area contributed by atoms with E-state index >= 15 is 0 Å². The van der Waals surface area contributed by atoms with Gasteiger partial charge in [-0.3, -0.25) is 9.78 Å². The molecule has 0 saturated carbocycles. The van der Waals surface area contributed by atoms with E-state index in [4.69, 9.17) is 4.74 Å². The highest BCUT2D eigenvalue weighted by atomic mass is 16.5. The number of pyridine rings is 1. The van der Waals surface area contributed by atoms with Gasteiger partial charge < -0.3 is 9.30 Å². The predicted octanol–water partition coefficient (Wildman–Crippen LogP) is 1.76. The lowest BCUT2D eigenvalue weighted by molar-refractivity contribution is 0.111. The molecule has 94 valence electrons. The molecule has 0 saturated heterocycles. The molecule has 0 aliphatic carbocycles. The van der Waals surface area contributed by atoms with Gasteiger partial charge in [0, 0.05) is 29.7 Å². The number of methoxy groups -OCH3 is 1. The Morgan fingerprint density at radius 3 is 2.83 bits per heavy atom. The van der Waals surface area contributed by atoms with Crippen molar-refractivity contribution >= 4 is 6.29 Å². The summed E-state index contributed by atoms with van der Waals surface area (Å²) in [6.07, 6.45) is 5.88. The van der Waals surface area contributed by atoms with Crippen LogP contribution >= 0.6 is 0 Å². The Bertz CT molecular complexity index is 576. The molecule has 0 aliphatic heterocycles. The standard InChI is InChI=1S/C13H15N3O2/c1-9-6-15-11(10(2)13(9)18-3)7-16-5-4-14-12(16)8-17/h4-6,8H,7H2,1-3H3. The minimum Gasteiger partial charge on any atom is -0.496 e. The molecule has 0 spiro atoms. The molecule has 2 heterocycles. The number of aromatic nitrogens is 3. The Labute approximate surface area is 105 Å². The minimum absolute atomic E-state index is 0.399. The van der Waals surface area contributed by atoms with Gasteiger partial charge >= 0.3 is 0 Å². The molecule has 2 aromatic rings. The van der Waals surface area contributed by atoms with Crippen LogP contribution in [0.15, 0.2) is 18.6 Å². The predicted molar refractivity (Wildman–Crippen MR) is 67.0 cm³/mol. The second kappa shape index (κ2) is 5.00. The second-order valence-electron chi connectivity index (χ2n) is 4.08. The highest BCUT2D eigenvalue weighted by Gasteiger charge is 2.11. The molecule has 2 aromatic heterocycles. The number of ether oxygens (including phenoxy) is 1. The van der Waals surface area contributed by atoms with Crippen molar-refractivity contribution in [3.8, 4) is 5.75 Å². The molecule has 5 nitrogen and oxygen atoms in total. The van der Waals surface area contributed by atoms with Gasteiger partial charge in [-0.25, -0.2) is 4.98 Å². The number of nitrogens with zero attached hydrogens (tertiary/aromatic N) is 3. The average Bonchev–Trinajstić information content (AvgIpc) is 2.81. The summed E-state index contributed by atoms with van der Waals surface area (Å²) in [4.78, 5) is 19.2. The van der Waals surface area contributed by atoms with Crippen LogP contribution in [0.5, 0.6) is 5.75 Å². The largest absolute Gasteiger partial charge is 0.496 e. The molecule has 0 bridgehead atoms. The first-order valence-corrected chi connectivity index (χ1v) is 5.62. The molecule has 0 radical (unpaired) electrons. The van der Waals surface area contributed by atoms with Gasteiger partial charge in [0.2, 0.25) is 0 Å². The quantitative estimate of drug-likeness (QED) is 0.770. The average molecular weight is 245 g/mol. The fourth-order valence-corrected chi connectivity index (χ4v) is 1.96. The topological polar surface area (TPSA) is 57.0 Å². The molecular formula is C13H15N3O2.